The molecule has 3 rings (SSSR count). The minimum Gasteiger partial charge on any atom is -0.494 e. The molecule has 3 aromatic rings. The molecule has 2 aromatic carbocycles. The van der Waals surface area contributed by atoms with E-state index in [1.165, 1.54) is 11.3 Å². The summed E-state index contributed by atoms with van der Waals surface area (Å²) in [6.45, 7) is 6.19. The van der Waals surface area contributed by atoms with Gasteiger partial charge in [-0.05, 0) is 55.3 Å². The van der Waals surface area contributed by atoms with E-state index in [1.54, 1.807) is 44.6 Å². The molecule has 0 aliphatic heterocycles. The molecule has 1 heterocycles. The van der Waals surface area contributed by atoms with E-state index in [0.29, 0.717) is 40.2 Å². The number of carbonyl (C=O) groups excluding carboxylic acids is 2. The lowest BCUT2D eigenvalue weighted by atomic mass is 10.0. The van der Waals surface area contributed by atoms with Gasteiger partial charge in [0.1, 0.15) is 11.8 Å². The van der Waals surface area contributed by atoms with Crippen LogP contribution in [0.25, 0.3) is 11.3 Å². The van der Waals surface area contributed by atoms with Gasteiger partial charge in [-0.2, -0.15) is 0 Å². The van der Waals surface area contributed by atoms with Crippen molar-refractivity contribution in [1.29, 1.82) is 0 Å². The Bertz CT molecular complexity index is 1130. The summed E-state index contributed by atoms with van der Waals surface area (Å²) in [6, 6.07) is 11.6. The third-order valence-corrected chi connectivity index (χ3v) is 5.83. The van der Waals surface area contributed by atoms with Crippen LogP contribution in [0.4, 0.5) is 5.13 Å². The summed E-state index contributed by atoms with van der Waals surface area (Å²) in [6.07, 6.45) is 0. The summed E-state index contributed by atoms with van der Waals surface area (Å²) >= 11 is 1.30. The van der Waals surface area contributed by atoms with Gasteiger partial charge in [0.25, 0.3) is 5.91 Å². The average Bonchev–Trinajstić information content (AvgIpc) is 3.30. The van der Waals surface area contributed by atoms with Crippen LogP contribution < -0.4 is 24.8 Å². The number of nitrogens with zero attached hydrogens (tertiary/aromatic N) is 1. The lowest BCUT2D eigenvalue weighted by molar-refractivity contribution is -0.118. The van der Waals surface area contributed by atoms with E-state index in [1.807, 2.05) is 38.3 Å². The van der Waals surface area contributed by atoms with Gasteiger partial charge in [-0.25, -0.2) is 4.98 Å². The quantitative estimate of drug-likeness (QED) is 0.437. The molecule has 1 atom stereocenters. The Balaban J connectivity index is 1.69. The molecule has 1 unspecified atom stereocenters. The first-order valence-electron chi connectivity index (χ1n) is 10.9. The topological polar surface area (TPSA) is 98.8 Å². The number of carbonyl (C=O) groups is 2. The molecular formula is C25H29N3O5S. The Morgan fingerprint density at radius 2 is 1.74 bits per heavy atom. The Kier molecular flexibility index (Phi) is 8.48. The van der Waals surface area contributed by atoms with E-state index in [0.717, 1.165) is 5.56 Å². The van der Waals surface area contributed by atoms with Gasteiger partial charge in [-0.3, -0.25) is 9.59 Å². The Morgan fingerprint density at radius 3 is 2.35 bits per heavy atom. The van der Waals surface area contributed by atoms with E-state index >= 15 is 0 Å². The second kappa shape index (κ2) is 11.5. The maximum Gasteiger partial charge on any atom is 0.251 e. The smallest absolute Gasteiger partial charge is 0.251 e. The average molecular weight is 484 g/mol. The van der Waals surface area contributed by atoms with Gasteiger partial charge < -0.3 is 24.8 Å². The number of ether oxygens (including phenoxy) is 3. The number of anilines is 1. The SMILES string of the molecule is CCOc1ccc(C(=O)NC(C(=O)Nc2nc(-c3ccc(OC)c(OC)c3)cs2)C(C)C)cc1. The van der Waals surface area contributed by atoms with E-state index in [2.05, 4.69) is 15.6 Å². The van der Waals surface area contributed by atoms with Crippen LogP contribution in [0, 0.1) is 5.92 Å². The largest absolute Gasteiger partial charge is 0.494 e. The predicted molar refractivity (Wildman–Crippen MR) is 133 cm³/mol. The third-order valence-electron chi connectivity index (χ3n) is 5.08. The number of rotatable bonds is 10. The molecule has 0 saturated heterocycles. The zero-order chi connectivity index (χ0) is 24.7. The van der Waals surface area contributed by atoms with Crippen LogP contribution in [-0.4, -0.2) is 43.7 Å². The normalized spacial score (nSPS) is 11.6. The van der Waals surface area contributed by atoms with Crippen molar-refractivity contribution < 1.29 is 23.8 Å². The van der Waals surface area contributed by atoms with Crippen LogP contribution >= 0.6 is 11.3 Å². The first-order valence-corrected chi connectivity index (χ1v) is 11.8. The number of benzene rings is 2. The molecule has 8 nitrogen and oxygen atoms in total. The van der Waals surface area contributed by atoms with Gasteiger partial charge in [0.15, 0.2) is 16.6 Å². The van der Waals surface area contributed by atoms with Crippen molar-refractivity contribution in [2.24, 2.45) is 5.92 Å². The van der Waals surface area contributed by atoms with E-state index in [9.17, 15) is 9.59 Å². The number of methoxy groups -OCH3 is 2. The zero-order valence-electron chi connectivity index (χ0n) is 19.9. The lowest BCUT2D eigenvalue weighted by Crippen LogP contribution is -2.47. The van der Waals surface area contributed by atoms with Crippen molar-refractivity contribution in [2.45, 2.75) is 26.8 Å². The fourth-order valence-corrected chi connectivity index (χ4v) is 3.99. The van der Waals surface area contributed by atoms with Crippen LogP contribution in [-0.2, 0) is 4.79 Å². The van der Waals surface area contributed by atoms with Gasteiger partial charge in [0.05, 0.1) is 26.5 Å². The van der Waals surface area contributed by atoms with Gasteiger partial charge in [0.2, 0.25) is 5.91 Å². The van der Waals surface area contributed by atoms with Crippen LogP contribution in [0.5, 0.6) is 17.2 Å². The molecule has 0 radical (unpaired) electrons. The van der Waals surface area contributed by atoms with Crippen LogP contribution in [0.3, 0.4) is 0 Å². The standard InChI is InChI=1S/C25H29N3O5S/c1-6-33-18-10-7-16(8-11-18)23(29)27-22(15(2)3)24(30)28-25-26-19(14-34-25)17-9-12-20(31-4)21(13-17)32-5/h7-15,22H,6H2,1-5H3,(H,27,29)(H,26,28,30). The summed E-state index contributed by atoms with van der Waals surface area (Å²) in [5.41, 5.74) is 1.98. The number of hydrogen-bond acceptors (Lipinski definition) is 7. The highest BCUT2D eigenvalue weighted by Crippen LogP contribution is 2.33. The molecular weight excluding hydrogens is 454 g/mol. The summed E-state index contributed by atoms with van der Waals surface area (Å²) in [5.74, 6) is 1.11. The van der Waals surface area contributed by atoms with Gasteiger partial charge in [-0.1, -0.05) is 13.8 Å². The molecule has 0 spiro atoms. The molecule has 180 valence electrons. The second-order valence-corrected chi connectivity index (χ2v) is 8.61. The highest BCUT2D eigenvalue weighted by atomic mass is 32.1. The highest BCUT2D eigenvalue weighted by molar-refractivity contribution is 7.14. The van der Waals surface area contributed by atoms with Gasteiger partial charge in [-0.15, -0.1) is 11.3 Å². The molecule has 2 amide bonds. The molecule has 0 aliphatic carbocycles. The number of amides is 2. The highest BCUT2D eigenvalue weighted by Gasteiger charge is 2.25. The fraction of sp³-hybridized carbons (Fsp3) is 0.320. The van der Waals surface area contributed by atoms with E-state index < -0.39 is 6.04 Å². The zero-order valence-corrected chi connectivity index (χ0v) is 20.7. The Hall–Kier alpha value is -3.59. The maximum atomic E-state index is 13.0. The lowest BCUT2D eigenvalue weighted by Gasteiger charge is -2.21. The molecule has 2 N–H and O–H groups in total. The number of nitrogens with one attached hydrogen (secondary N) is 2. The predicted octanol–water partition coefficient (Wildman–Crippen LogP) is 4.62. The van der Waals surface area contributed by atoms with Gasteiger partial charge >= 0.3 is 0 Å². The summed E-state index contributed by atoms with van der Waals surface area (Å²) < 4.78 is 16.0. The summed E-state index contributed by atoms with van der Waals surface area (Å²) in [7, 11) is 3.15. The monoisotopic (exact) mass is 483 g/mol. The molecule has 1 aromatic heterocycles. The van der Waals surface area contributed by atoms with Crippen molar-refractivity contribution >= 4 is 28.3 Å². The van der Waals surface area contributed by atoms with Crippen LogP contribution in [0.1, 0.15) is 31.1 Å². The first kappa shape index (κ1) is 25.0. The maximum absolute atomic E-state index is 13.0. The second-order valence-electron chi connectivity index (χ2n) is 7.75. The molecule has 0 bridgehead atoms. The molecule has 9 heteroatoms. The van der Waals surface area contributed by atoms with Crippen LogP contribution in [0.15, 0.2) is 47.8 Å². The number of hydrogen-bond donors (Lipinski definition) is 2. The number of aromatic nitrogens is 1. The third kappa shape index (κ3) is 6.05. The van der Waals surface area contributed by atoms with Gasteiger partial charge in [0, 0.05) is 16.5 Å². The molecule has 0 saturated carbocycles. The van der Waals surface area contributed by atoms with E-state index in [-0.39, 0.29) is 17.7 Å². The molecule has 0 fully saturated rings. The summed E-state index contributed by atoms with van der Waals surface area (Å²) in [5, 5.41) is 7.94. The van der Waals surface area contributed by atoms with Crippen molar-refractivity contribution in [3.63, 3.8) is 0 Å². The van der Waals surface area contributed by atoms with Crippen molar-refractivity contribution in [3.8, 4) is 28.5 Å². The van der Waals surface area contributed by atoms with E-state index in [4.69, 9.17) is 14.2 Å². The van der Waals surface area contributed by atoms with Crippen molar-refractivity contribution in [2.75, 3.05) is 26.1 Å². The minimum atomic E-state index is -0.729. The molecule has 34 heavy (non-hydrogen) atoms. The first-order chi connectivity index (χ1) is 16.4. The Morgan fingerprint density at radius 1 is 1.03 bits per heavy atom. The minimum absolute atomic E-state index is 0.128. The van der Waals surface area contributed by atoms with Crippen LogP contribution in [0.2, 0.25) is 0 Å². The summed E-state index contributed by atoms with van der Waals surface area (Å²) in [4.78, 5) is 30.2. The fourth-order valence-electron chi connectivity index (χ4n) is 3.27. The number of thiazole rings is 1. The van der Waals surface area contributed by atoms with Crippen molar-refractivity contribution in [3.05, 3.63) is 53.4 Å². The Labute approximate surface area is 203 Å². The molecule has 0 aliphatic rings. The van der Waals surface area contributed by atoms with Crippen molar-refractivity contribution in [1.82, 2.24) is 10.3 Å².